The zero-order chi connectivity index (χ0) is 15.0. The minimum Gasteiger partial charge on any atom is -0.380 e. The van der Waals surface area contributed by atoms with Gasteiger partial charge in [-0.2, -0.15) is 0 Å². The van der Waals surface area contributed by atoms with E-state index in [9.17, 15) is 0 Å². The first-order valence-electron chi connectivity index (χ1n) is 8.58. The molecule has 2 atom stereocenters. The van der Waals surface area contributed by atoms with Gasteiger partial charge in [-0.1, -0.05) is 34.1 Å². The molecule has 0 aromatic rings. The Morgan fingerprint density at radius 1 is 1.25 bits per heavy atom. The predicted octanol–water partition coefficient (Wildman–Crippen LogP) is 3.15. The Bertz CT molecular complexity index is 255. The van der Waals surface area contributed by atoms with Gasteiger partial charge in [-0.3, -0.25) is 0 Å². The molecule has 0 aromatic heterocycles. The van der Waals surface area contributed by atoms with Gasteiger partial charge in [-0.05, 0) is 44.2 Å². The topological polar surface area (TPSA) is 24.5 Å². The van der Waals surface area contributed by atoms with Crippen molar-refractivity contribution in [2.45, 2.75) is 59.9 Å². The van der Waals surface area contributed by atoms with Crippen LogP contribution in [0.2, 0.25) is 0 Å². The van der Waals surface area contributed by atoms with Gasteiger partial charge in [0.15, 0.2) is 0 Å². The Balaban J connectivity index is 2.56. The monoisotopic (exact) mass is 284 g/mol. The lowest BCUT2D eigenvalue weighted by Crippen LogP contribution is -2.53. The van der Waals surface area contributed by atoms with Crippen molar-refractivity contribution in [3.8, 4) is 0 Å². The van der Waals surface area contributed by atoms with Gasteiger partial charge in [0.25, 0.3) is 0 Å². The van der Waals surface area contributed by atoms with Crippen LogP contribution in [0.25, 0.3) is 0 Å². The molecule has 0 aliphatic heterocycles. The van der Waals surface area contributed by atoms with Crippen molar-refractivity contribution in [1.29, 1.82) is 0 Å². The fourth-order valence-corrected chi connectivity index (χ4v) is 3.69. The van der Waals surface area contributed by atoms with Crippen LogP contribution in [-0.4, -0.2) is 50.3 Å². The molecule has 1 aliphatic rings. The molecule has 20 heavy (non-hydrogen) atoms. The average Bonchev–Trinajstić information content (AvgIpc) is 2.41. The molecule has 0 heterocycles. The predicted molar refractivity (Wildman–Crippen MR) is 87.2 cm³/mol. The van der Waals surface area contributed by atoms with Crippen LogP contribution in [0.15, 0.2) is 0 Å². The minimum absolute atomic E-state index is 0.429. The maximum absolute atomic E-state index is 5.51. The highest BCUT2D eigenvalue weighted by molar-refractivity contribution is 4.94. The standard InChI is InChI=1S/C17H36N2O/c1-6-18-16-15(10-9-11-17(16,4)5)14-19(7-2)12-13-20-8-3/h15-16,18H,6-14H2,1-5H3. The zero-order valence-corrected chi connectivity index (χ0v) is 14.4. The van der Waals surface area contributed by atoms with Gasteiger partial charge in [0.05, 0.1) is 6.61 Å². The summed E-state index contributed by atoms with van der Waals surface area (Å²) in [4.78, 5) is 2.56. The third-order valence-corrected chi connectivity index (χ3v) is 4.83. The molecule has 0 spiro atoms. The second kappa shape index (κ2) is 9.01. The molecule has 0 amide bonds. The number of hydrogen-bond donors (Lipinski definition) is 1. The van der Waals surface area contributed by atoms with Crippen LogP contribution < -0.4 is 5.32 Å². The summed E-state index contributed by atoms with van der Waals surface area (Å²) in [6, 6.07) is 0.655. The SMILES string of the molecule is CCNC1C(CN(CC)CCOCC)CCCC1(C)C. The number of hydrogen-bond acceptors (Lipinski definition) is 3. The van der Waals surface area contributed by atoms with E-state index in [4.69, 9.17) is 4.74 Å². The quantitative estimate of drug-likeness (QED) is 0.658. The van der Waals surface area contributed by atoms with Crippen molar-refractivity contribution >= 4 is 0 Å². The van der Waals surface area contributed by atoms with E-state index < -0.39 is 0 Å². The molecule has 1 saturated carbocycles. The van der Waals surface area contributed by atoms with Crippen molar-refractivity contribution in [3.63, 3.8) is 0 Å². The average molecular weight is 284 g/mol. The van der Waals surface area contributed by atoms with Crippen molar-refractivity contribution in [2.24, 2.45) is 11.3 Å². The van der Waals surface area contributed by atoms with Gasteiger partial charge in [0.1, 0.15) is 0 Å². The second-order valence-corrected chi connectivity index (χ2v) is 6.77. The van der Waals surface area contributed by atoms with Gasteiger partial charge < -0.3 is 15.0 Å². The first-order valence-corrected chi connectivity index (χ1v) is 8.58. The van der Waals surface area contributed by atoms with E-state index in [2.05, 4.69) is 44.8 Å². The molecule has 1 aliphatic carbocycles. The van der Waals surface area contributed by atoms with Crippen molar-refractivity contribution in [1.82, 2.24) is 10.2 Å². The molecular formula is C17H36N2O. The summed E-state index contributed by atoms with van der Waals surface area (Å²) in [5.41, 5.74) is 0.429. The third-order valence-electron chi connectivity index (χ3n) is 4.83. The molecule has 0 bridgehead atoms. The molecule has 1 rings (SSSR count). The van der Waals surface area contributed by atoms with Gasteiger partial charge in [-0.25, -0.2) is 0 Å². The first-order chi connectivity index (χ1) is 9.55. The molecule has 120 valence electrons. The molecule has 3 heteroatoms. The summed E-state index contributed by atoms with van der Waals surface area (Å²) in [6.07, 6.45) is 4.10. The molecule has 2 unspecified atom stereocenters. The molecule has 0 radical (unpaired) electrons. The fourth-order valence-electron chi connectivity index (χ4n) is 3.69. The van der Waals surface area contributed by atoms with Crippen LogP contribution in [0, 0.1) is 11.3 Å². The largest absolute Gasteiger partial charge is 0.380 e. The number of likely N-dealkylation sites (N-methyl/N-ethyl adjacent to an activating group) is 1. The number of nitrogens with zero attached hydrogens (tertiary/aromatic N) is 1. The Labute approximate surface area is 126 Å². The minimum atomic E-state index is 0.429. The highest BCUT2D eigenvalue weighted by Crippen LogP contribution is 2.39. The van der Waals surface area contributed by atoms with Crippen LogP contribution in [0.4, 0.5) is 0 Å². The summed E-state index contributed by atoms with van der Waals surface area (Å²) in [7, 11) is 0. The van der Waals surface area contributed by atoms with Gasteiger partial charge >= 0.3 is 0 Å². The second-order valence-electron chi connectivity index (χ2n) is 6.77. The lowest BCUT2D eigenvalue weighted by atomic mass is 9.67. The Hall–Kier alpha value is -0.120. The van der Waals surface area contributed by atoms with Crippen molar-refractivity contribution < 1.29 is 4.74 Å². The molecule has 0 saturated heterocycles. The fraction of sp³-hybridized carbons (Fsp3) is 1.00. The van der Waals surface area contributed by atoms with Crippen LogP contribution >= 0.6 is 0 Å². The highest BCUT2D eigenvalue weighted by atomic mass is 16.5. The van der Waals surface area contributed by atoms with E-state index in [0.717, 1.165) is 38.8 Å². The van der Waals surface area contributed by atoms with E-state index in [0.29, 0.717) is 11.5 Å². The van der Waals surface area contributed by atoms with E-state index in [1.807, 2.05) is 0 Å². The van der Waals surface area contributed by atoms with Crippen molar-refractivity contribution in [2.75, 3.05) is 39.4 Å². The number of nitrogens with one attached hydrogen (secondary N) is 1. The Kier molecular flexibility index (Phi) is 8.08. The van der Waals surface area contributed by atoms with Crippen molar-refractivity contribution in [3.05, 3.63) is 0 Å². The van der Waals surface area contributed by atoms with E-state index in [1.54, 1.807) is 0 Å². The van der Waals surface area contributed by atoms with E-state index >= 15 is 0 Å². The molecule has 0 aromatic carbocycles. The van der Waals surface area contributed by atoms with Crippen LogP contribution in [0.3, 0.4) is 0 Å². The maximum atomic E-state index is 5.51. The van der Waals surface area contributed by atoms with Crippen LogP contribution in [0.1, 0.15) is 53.9 Å². The summed E-state index contributed by atoms with van der Waals surface area (Å²) in [6.45, 7) is 17.6. The number of ether oxygens (including phenoxy) is 1. The lowest BCUT2D eigenvalue weighted by molar-refractivity contribution is 0.0645. The first kappa shape index (κ1) is 17.9. The Morgan fingerprint density at radius 3 is 2.60 bits per heavy atom. The smallest absolute Gasteiger partial charge is 0.0593 e. The molecule has 1 N–H and O–H groups in total. The summed E-state index contributed by atoms with van der Waals surface area (Å²) >= 11 is 0. The van der Waals surface area contributed by atoms with Gasteiger partial charge in [0, 0.05) is 25.7 Å². The van der Waals surface area contributed by atoms with Crippen LogP contribution in [-0.2, 0) is 4.74 Å². The van der Waals surface area contributed by atoms with Gasteiger partial charge in [0.2, 0.25) is 0 Å². The maximum Gasteiger partial charge on any atom is 0.0593 e. The normalized spacial score (nSPS) is 26.1. The van der Waals surface area contributed by atoms with Crippen LogP contribution in [0.5, 0.6) is 0 Å². The van der Waals surface area contributed by atoms with E-state index in [1.165, 1.54) is 25.8 Å². The third kappa shape index (κ3) is 5.34. The Morgan fingerprint density at radius 2 is 2.00 bits per heavy atom. The lowest BCUT2D eigenvalue weighted by Gasteiger charge is -2.46. The van der Waals surface area contributed by atoms with E-state index in [-0.39, 0.29) is 0 Å². The van der Waals surface area contributed by atoms with Gasteiger partial charge in [-0.15, -0.1) is 0 Å². The molecule has 3 nitrogen and oxygen atoms in total. The summed E-state index contributed by atoms with van der Waals surface area (Å²) < 4.78 is 5.51. The number of rotatable bonds is 9. The molecule has 1 fully saturated rings. The molecular weight excluding hydrogens is 248 g/mol. The summed E-state index contributed by atoms with van der Waals surface area (Å²) in [5, 5.41) is 3.76. The highest BCUT2D eigenvalue weighted by Gasteiger charge is 2.38. The summed E-state index contributed by atoms with van der Waals surface area (Å²) in [5.74, 6) is 0.778. The zero-order valence-electron chi connectivity index (χ0n) is 14.4.